The molecule has 1 fully saturated rings. The molecule has 0 aliphatic carbocycles. The summed E-state index contributed by atoms with van der Waals surface area (Å²) in [5.74, 6) is -1.87. The molecule has 0 spiro atoms. The number of hydrogen-bond acceptors (Lipinski definition) is 8. The summed E-state index contributed by atoms with van der Waals surface area (Å²) >= 11 is 0. The molecule has 1 unspecified atom stereocenters. The predicted molar refractivity (Wildman–Crippen MR) is 111 cm³/mol. The standard InChI is InChI=1S/C22H19FN4O6/c1-27-17(28)10-14(11-18(27)29)32-22(31)25-20(30)13-6-4-5-12(9-13)19-24-21(33-26-19)15-7-2-3-8-16(15)23/h2-9,14,21H,10-11H2,1H3,(H,24,26)(H,25,30,31). The average Bonchev–Trinajstić information content (AvgIpc) is 3.28. The predicted octanol–water partition coefficient (Wildman–Crippen LogP) is 1.82. The molecule has 2 aliphatic rings. The number of piperidine rings is 1. The van der Waals surface area contributed by atoms with Crippen molar-refractivity contribution in [3.8, 4) is 0 Å². The first kappa shape index (κ1) is 22.1. The van der Waals surface area contributed by atoms with Gasteiger partial charge in [-0.25, -0.2) is 24.5 Å². The van der Waals surface area contributed by atoms with E-state index in [0.29, 0.717) is 5.56 Å². The van der Waals surface area contributed by atoms with E-state index in [1.54, 1.807) is 30.3 Å². The van der Waals surface area contributed by atoms with Crippen LogP contribution in [0.5, 0.6) is 0 Å². The Bertz CT molecular complexity index is 1150. The van der Waals surface area contributed by atoms with Crippen molar-refractivity contribution in [1.29, 1.82) is 0 Å². The van der Waals surface area contributed by atoms with E-state index < -0.39 is 42.0 Å². The summed E-state index contributed by atoms with van der Waals surface area (Å²) in [4.78, 5) is 58.6. The van der Waals surface area contributed by atoms with Crippen LogP contribution in [0.15, 0.2) is 53.5 Å². The number of nitrogens with one attached hydrogen (secondary N) is 2. The average molecular weight is 454 g/mol. The Labute approximate surface area is 187 Å². The second kappa shape index (κ2) is 9.17. The van der Waals surface area contributed by atoms with Gasteiger partial charge in [-0.2, -0.15) is 0 Å². The summed E-state index contributed by atoms with van der Waals surface area (Å²) in [5, 5.41) is 2.07. The maximum Gasteiger partial charge on any atom is 0.414 e. The van der Waals surface area contributed by atoms with Crippen molar-refractivity contribution in [2.75, 3.05) is 7.05 Å². The van der Waals surface area contributed by atoms with E-state index in [1.165, 1.54) is 25.2 Å². The van der Waals surface area contributed by atoms with Crippen LogP contribution in [0.2, 0.25) is 0 Å². The molecule has 33 heavy (non-hydrogen) atoms. The lowest BCUT2D eigenvalue weighted by Crippen LogP contribution is -2.45. The normalized spacial score (nSPS) is 18.5. The minimum Gasteiger partial charge on any atom is -0.445 e. The van der Waals surface area contributed by atoms with Gasteiger partial charge in [0.15, 0.2) is 5.84 Å². The Morgan fingerprint density at radius 2 is 1.88 bits per heavy atom. The third kappa shape index (κ3) is 4.88. The van der Waals surface area contributed by atoms with E-state index in [1.807, 2.05) is 0 Å². The maximum atomic E-state index is 14.0. The third-order valence-corrected chi connectivity index (χ3v) is 5.13. The molecule has 2 aromatic rings. The van der Waals surface area contributed by atoms with E-state index in [4.69, 9.17) is 9.57 Å². The molecule has 2 aromatic carbocycles. The Balaban J connectivity index is 1.40. The van der Waals surface area contributed by atoms with Crippen molar-refractivity contribution in [1.82, 2.24) is 15.7 Å². The second-order valence-electron chi connectivity index (χ2n) is 7.39. The van der Waals surface area contributed by atoms with Crippen LogP contribution in [0.3, 0.4) is 0 Å². The number of hydroxylamine groups is 1. The Morgan fingerprint density at radius 3 is 2.61 bits per heavy atom. The lowest BCUT2D eigenvalue weighted by atomic mass is 10.1. The quantitative estimate of drug-likeness (QED) is 0.675. The summed E-state index contributed by atoms with van der Waals surface area (Å²) < 4.78 is 19.0. The van der Waals surface area contributed by atoms with Gasteiger partial charge in [-0.3, -0.25) is 24.6 Å². The molecule has 0 aromatic heterocycles. The minimum absolute atomic E-state index is 0.124. The smallest absolute Gasteiger partial charge is 0.414 e. The lowest BCUT2D eigenvalue weighted by Gasteiger charge is -2.26. The molecule has 4 rings (SSSR count). The summed E-state index contributed by atoms with van der Waals surface area (Å²) in [6.07, 6.45) is -3.19. The monoisotopic (exact) mass is 454 g/mol. The number of nitrogens with zero attached hydrogens (tertiary/aromatic N) is 2. The highest BCUT2D eigenvalue weighted by atomic mass is 19.1. The molecular formula is C22H19FN4O6. The number of ether oxygens (including phenoxy) is 1. The zero-order valence-corrected chi connectivity index (χ0v) is 17.4. The summed E-state index contributed by atoms with van der Waals surface area (Å²) in [5.41, 5.74) is 3.46. The zero-order chi connectivity index (χ0) is 23.5. The van der Waals surface area contributed by atoms with Crippen LogP contribution in [0.4, 0.5) is 9.18 Å². The number of rotatable bonds is 4. The van der Waals surface area contributed by atoms with E-state index in [-0.39, 0.29) is 29.8 Å². The molecule has 2 heterocycles. The van der Waals surface area contributed by atoms with Gasteiger partial charge in [0.1, 0.15) is 11.9 Å². The van der Waals surface area contributed by atoms with Crippen LogP contribution in [0.25, 0.3) is 0 Å². The Hall–Kier alpha value is -4.12. The largest absolute Gasteiger partial charge is 0.445 e. The van der Waals surface area contributed by atoms with Gasteiger partial charge in [0.2, 0.25) is 18.0 Å². The van der Waals surface area contributed by atoms with E-state index in [2.05, 4.69) is 15.8 Å². The van der Waals surface area contributed by atoms with Gasteiger partial charge in [0, 0.05) is 23.7 Å². The van der Waals surface area contributed by atoms with Crippen molar-refractivity contribution in [2.24, 2.45) is 4.99 Å². The van der Waals surface area contributed by atoms with Gasteiger partial charge in [-0.15, -0.1) is 0 Å². The SMILES string of the molecule is CN1C(=O)CC(OC(=O)NC(=O)c2cccc(C3=NC(c4ccccc4F)ON3)c2)CC1=O. The summed E-state index contributed by atoms with van der Waals surface area (Å²) in [6.45, 7) is 0. The molecule has 2 N–H and O–H groups in total. The van der Waals surface area contributed by atoms with Crippen LogP contribution < -0.4 is 10.8 Å². The number of carbonyl (C=O) groups excluding carboxylic acids is 4. The molecule has 10 nitrogen and oxygen atoms in total. The summed E-state index contributed by atoms with van der Waals surface area (Å²) in [7, 11) is 1.35. The van der Waals surface area contributed by atoms with Gasteiger partial charge in [0.25, 0.3) is 5.91 Å². The first-order valence-corrected chi connectivity index (χ1v) is 9.97. The van der Waals surface area contributed by atoms with Crippen LogP contribution >= 0.6 is 0 Å². The summed E-state index contributed by atoms with van der Waals surface area (Å²) in [6, 6.07) is 12.2. The topological polar surface area (TPSA) is 126 Å². The van der Waals surface area contributed by atoms with Crippen LogP contribution in [-0.4, -0.2) is 47.7 Å². The molecule has 4 amide bonds. The fourth-order valence-electron chi connectivity index (χ4n) is 3.33. The molecular weight excluding hydrogens is 435 g/mol. The molecule has 0 bridgehead atoms. The van der Waals surface area contributed by atoms with Crippen LogP contribution in [0.1, 0.15) is 40.6 Å². The number of amides is 4. The van der Waals surface area contributed by atoms with Gasteiger partial charge < -0.3 is 4.74 Å². The van der Waals surface area contributed by atoms with Crippen LogP contribution in [0, 0.1) is 5.82 Å². The number of aliphatic imine (C=N–C) groups is 1. The Kier molecular flexibility index (Phi) is 6.13. The molecule has 11 heteroatoms. The third-order valence-electron chi connectivity index (χ3n) is 5.13. The highest BCUT2D eigenvalue weighted by Gasteiger charge is 2.32. The molecule has 0 saturated carbocycles. The number of benzene rings is 2. The molecule has 1 atom stereocenters. The second-order valence-corrected chi connectivity index (χ2v) is 7.39. The number of carbonyl (C=O) groups is 4. The first-order chi connectivity index (χ1) is 15.8. The first-order valence-electron chi connectivity index (χ1n) is 9.97. The number of imide groups is 2. The minimum atomic E-state index is -1.07. The van der Waals surface area contributed by atoms with Crippen molar-refractivity contribution in [2.45, 2.75) is 25.2 Å². The molecule has 0 radical (unpaired) electrons. The number of alkyl carbamates (subject to hydrolysis) is 1. The number of halogens is 1. The van der Waals surface area contributed by atoms with Crippen LogP contribution in [-0.2, 0) is 19.2 Å². The number of hydrogen-bond donors (Lipinski definition) is 2. The lowest BCUT2D eigenvalue weighted by molar-refractivity contribution is -0.150. The molecule has 170 valence electrons. The maximum absolute atomic E-state index is 14.0. The highest BCUT2D eigenvalue weighted by molar-refractivity contribution is 6.06. The van der Waals surface area contributed by atoms with Crippen molar-refractivity contribution < 1.29 is 33.1 Å². The van der Waals surface area contributed by atoms with Gasteiger partial charge in [0.05, 0.1) is 12.8 Å². The van der Waals surface area contributed by atoms with Gasteiger partial charge in [-0.05, 0) is 18.2 Å². The highest BCUT2D eigenvalue weighted by Crippen LogP contribution is 2.25. The van der Waals surface area contributed by atoms with Gasteiger partial charge >= 0.3 is 6.09 Å². The van der Waals surface area contributed by atoms with Crippen molar-refractivity contribution in [3.63, 3.8) is 0 Å². The van der Waals surface area contributed by atoms with Gasteiger partial charge in [-0.1, -0.05) is 30.3 Å². The zero-order valence-electron chi connectivity index (χ0n) is 17.4. The fourth-order valence-corrected chi connectivity index (χ4v) is 3.33. The van der Waals surface area contributed by atoms with E-state index in [9.17, 15) is 23.6 Å². The van der Waals surface area contributed by atoms with Crippen molar-refractivity contribution >= 4 is 29.7 Å². The number of amidine groups is 1. The van der Waals surface area contributed by atoms with E-state index >= 15 is 0 Å². The van der Waals surface area contributed by atoms with E-state index in [0.717, 1.165) is 4.90 Å². The Morgan fingerprint density at radius 1 is 1.15 bits per heavy atom. The molecule has 2 aliphatic heterocycles. The fraction of sp³-hybridized carbons (Fsp3) is 0.227. The number of likely N-dealkylation sites (tertiary alicyclic amines) is 1. The van der Waals surface area contributed by atoms with Crippen molar-refractivity contribution in [3.05, 3.63) is 71.0 Å². The molecule has 1 saturated heterocycles.